The van der Waals surface area contributed by atoms with E-state index < -0.39 is 0 Å². The minimum Gasteiger partial charge on any atom is -0.447 e. The number of aromatic nitrogens is 1. The summed E-state index contributed by atoms with van der Waals surface area (Å²) in [7, 11) is 0. The number of hydrogen-bond donors (Lipinski definition) is 0. The molecule has 0 radical (unpaired) electrons. The lowest BCUT2D eigenvalue weighted by atomic mass is 9.96. The third kappa shape index (κ3) is 2.68. The first kappa shape index (κ1) is 17.0. The lowest BCUT2D eigenvalue weighted by Gasteiger charge is -2.33. The molecule has 0 atom stereocenters. The van der Waals surface area contributed by atoms with Crippen molar-refractivity contribution in [2.75, 3.05) is 29.5 Å². The van der Waals surface area contributed by atoms with Gasteiger partial charge in [0.2, 0.25) is 0 Å². The zero-order valence-electron chi connectivity index (χ0n) is 15.6. The summed E-state index contributed by atoms with van der Waals surface area (Å²) in [6, 6.07) is 13.2. The molecule has 2 aliphatic rings. The molecule has 3 heterocycles. The van der Waals surface area contributed by atoms with Crippen LogP contribution in [0.2, 0.25) is 0 Å². The van der Waals surface area contributed by atoms with Crippen molar-refractivity contribution in [3.8, 4) is 0 Å². The molecule has 0 unspecified atom stereocenters. The number of anilines is 2. The average molecular weight is 377 g/mol. The van der Waals surface area contributed by atoms with Crippen molar-refractivity contribution in [1.82, 2.24) is 4.98 Å². The van der Waals surface area contributed by atoms with Gasteiger partial charge in [-0.1, -0.05) is 24.3 Å². The number of benzene rings is 2. The Morgan fingerprint density at radius 2 is 1.96 bits per heavy atom. The standard InChI is InChI=1S/C22H20FN3O2/c1-14-12-20(17-5-3-6-18(23)21(17)24-14)25-9-8-16-15(13-25)4-2-7-19(16)26-10-11-28-22(26)27/h2-7,12H,8-11,13H2,1H3. The fourth-order valence-electron chi connectivity index (χ4n) is 4.24. The van der Waals surface area contributed by atoms with E-state index in [1.165, 1.54) is 17.2 Å². The molecular formula is C22H20FN3O2. The van der Waals surface area contributed by atoms with Crippen molar-refractivity contribution in [1.29, 1.82) is 0 Å². The van der Waals surface area contributed by atoms with Gasteiger partial charge in [-0.2, -0.15) is 0 Å². The van der Waals surface area contributed by atoms with Gasteiger partial charge in [0.1, 0.15) is 17.9 Å². The highest BCUT2D eigenvalue weighted by atomic mass is 19.1. The summed E-state index contributed by atoms with van der Waals surface area (Å²) >= 11 is 0. The number of amides is 1. The second-order valence-corrected chi connectivity index (χ2v) is 7.27. The Hall–Kier alpha value is -3.15. The highest BCUT2D eigenvalue weighted by Crippen LogP contribution is 2.35. The first-order chi connectivity index (χ1) is 13.6. The maximum atomic E-state index is 14.3. The van der Waals surface area contributed by atoms with E-state index in [1.807, 2.05) is 31.2 Å². The summed E-state index contributed by atoms with van der Waals surface area (Å²) in [5, 5.41) is 0.827. The van der Waals surface area contributed by atoms with Crippen LogP contribution in [0.4, 0.5) is 20.6 Å². The number of pyridine rings is 1. The molecule has 0 N–H and O–H groups in total. The number of ether oxygens (including phenoxy) is 1. The molecule has 1 aromatic heterocycles. The van der Waals surface area contributed by atoms with Crippen LogP contribution < -0.4 is 9.80 Å². The molecule has 1 amide bonds. The zero-order chi connectivity index (χ0) is 19.3. The predicted octanol–water partition coefficient (Wildman–Crippen LogP) is 4.20. The monoisotopic (exact) mass is 377 g/mol. The SMILES string of the molecule is Cc1cc(N2CCc3c(cccc3N3CCOC3=O)C2)c2cccc(F)c2n1. The normalized spacial score (nSPS) is 16.4. The first-order valence-corrected chi connectivity index (χ1v) is 9.48. The molecule has 2 aromatic carbocycles. The molecule has 28 heavy (non-hydrogen) atoms. The summed E-state index contributed by atoms with van der Waals surface area (Å²) < 4.78 is 19.4. The third-order valence-electron chi connectivity index (χ3n) is 5.53. The number of para-hydroxylation sites is 1. The highest BCUT2D eigenvalue weighted by Gasteiger charge is 2.29. The predicted molar refractivity (Wildman–Crippen MR) is 106 cm³/mol. The lowest BCUT2D eigenvalue weighted by molar-refractivity contribution is 0.181. The molecule has 2 aliphatic heterocycles. The minimum absolute atomic E-state index is 0.276. The molecule has 142 valence electrons. The Labute approximate surface area is 162 Å². The van der Waals surface area contributed by atoms with E-state index in [2.05, 4.69) is 16.0 Å². The van der Waals surface area contributed by atoms with Gasteiger partial charge >= 0.3 is 6.09 Å². The van der Waals surface area contributed by atoms with Gasteiger partial charge in [-0.15, -0.1) is 0 Å². The third-order valence-corrected chi connectivity index (χ3v) is 5.53. The van der Waals surface area contributed by atoms with Crippen molar-refractivity contribution >= 4 is 28.4 Å². The van der Waals surface area contributed by atoms with Gasteiger partial charge in [0.05, 0.1) is 12.2 Å². The minimum atomic E-state index is -0.297. The number of carbonyl (C=O) groups excluding carboxylic acids is 1. The van der Waals surface area contributed by atoms with Gasteiger partial charge in [-0.25, -0.2) is 14.2 Å². The van der Waals surface area contributed by atoms with Crippen LogP contribution in [0.15, 0.2) is 42.5 Å². The van der Waals surface area contributed by atoms with Crippen LogP contribution in [-0.4, -0.2) is 30.8 Å². The highest BCUT2D eigenvalue weighted by molar-refractivity contribution is 5.93. The molecular weight excluding hydrogens is 357 g/mol. The van der Waals surface area contributed by atoms with E-state index in [9.17, 15) is 9.18 Å². The van der Waals surface area contributed by atoms with E-state index >= 15 is 0 Å². The maximum absolute atomic E-state index is 14.3. The van der Waals surface area contributed by atoms with Crippen LogP contribution in [0, 0.1) is 12.7 Å². The van der Waals surface area contributed by atoms with Gasteiger partial charge < -0.3 is 9.64 Å². The van der Waals surface area contributed by atoms with Crippen molar-refractivity contribution in [2.45, 2.75) is 19.9 Å². The van der Waals surface area contributed by atoms with Crippen LogP contribution in [0.25, 0.3) is 10.9 Å². The van der Waals surface area contributed by atoms with Crippen LogP contribution in [0.3, 0.4) is 0 Å². The number of carbonyl (C=O) groups is 1. The number of rotatable bonds is 2. The number of cyclic esters (lactones) is 1. The van der Waals surface area contributed by atoms with E-state index in [-0.39, 0.29) is 11.9 Å². The van der Waals surface area contributed by atoms with Gasteiger partial charge in [-0.05, 0) is 42.7 Å². The average Bonchev–Trinajstić information content (AvgIpc) is 3.13. The van der Waals surface area contributed by atoms with Crippen molar-refractivity contribution in [2.24, 2.45) is 0 Å². The first-order valence-electron chi connectivity index (χ1n) is 9.48. The molecule has 5 rings (SSSR count). The van der Waals surface area contributed by atoms with Gasteiger partial charge in [0.25, 0.3) is 0 Å². The van der Waals surface area contributed by atoms with Crippen LogP contribution in [-0.2, 0) is 17.7 Å². The molecule has 5 nitrogen and oxygen atoms in total. The smallest absolute Gasteiger partial charge is 0.414 e. The van der Waals surface area contributed by atoms with Crippen molar-refractivity contribution in [3.05, 3.63) is 65.1 Å². The molecule has 1 saturated heterocycles. The van der Waals surface area contributed by atoms with E-state index in [1.54, 1.807) is 11.0 Å². The van der Waals surface area contributed by atoms with Gasteiger partial charge in [-0.3, -0.25) is 4.90 Å². The number of fused-ring (bicyclic) bond motifs is 2. The zero-order valence-corrected chi connectivity index (χ0v) is 15.6. The summed E-state index contributed by atoms with van der Waals surface area (Å²) in [6.45, 7) is 4.42. The molecule has 6 heteroatoms. The number of halogens is 1. The Morgan fingerprint density at radius 1 is 1.11 bits per heavy atom. The second-order valence-electron chi connectivity index (χ2n) is 7.27. The number of hydrogen-bond acceptors (Lipinski definition) is 4. The number of nitrogens with zero attached hydrogens (tertiary/aromatic N) is 3. The Kier molecular flexibility index (Phi) is 3.93. The molecule has 3 aromatic rings. The Morgan fingerprint density at radius 3 is 2.79 bits per heavy atom. The summed E-state index contributed by atoms with van der Waals surface area (Å²) in [4.78, 5) is 20.4. The number of aryl methyl sites for hydroxylation is 1. The molecule has 1 fully saturated rings. The van der Waals surface area contributed by atoms with Gasteiger partial charge in [0.15, 0.2) is 0 Å². The van der Waals surface area contributed by atoms with Gasteiger partial charge in [0, 0.05) is 29.9 Å². The van der Waals surface area contributed by atoms with Crippen LogP contribution in [0.1, 0.15) is 16.8 Å². The largest absolute Gasteiger partial charge is 0.447 e. The molecule has 0 saturated carbocycles. The Balaban J connectivity index is 1.55. The summed E-state index contributed by atoms with van der Waals surface area (Å²) in [6.07, 6.45) is 0.537. The van der Waals surface area contributed by atoms with Crippen molar-refractivity contribution < 1.29 is 13.9 Å². The van der Waals surface area contributed by atoms with E-state index in [4.69, 9.17) is 4.74 Å². The van der Waals surface area contributed by atoms with Crippen LogP contribution in [0.5, 0.6) is 0 Å². The van der Waals surface area contributed by atoms with E-state index in [0.29, 0.717) is 25.2 Å². The molecule has 0 bridgehead atoms. The fourth-order valence-corrected chi connectivity index (χ4v) is 4.24. The van der Waals surface area contributed by atoms with E-state index in [0.717, 1.165) is 35.4 Å². The lowest BCUT2D eigenvalue weighted by Crippen LogP contribution is -2.33. The fraction of sp³-hybridized carbons (Fsp3) is 0.273. The maximum Gasteiger partial charge on any atom is 0.414 e. The quantitative estimate of drug-likeness (QED) is 0.671. The van der Waals surface area contributed by atoms with Crippen molar-refractivity contribution in [3.63, 3.8) is 0 Å². The summed E-state index contributed by atoms with van der Waals surface area (Å²) in [5.41, 5.74) is 5.53. The molecule has 0 aliphatic carbocycles. The Bertz CT molecular complexity index is 1100. The van der Waals surface area contributed by atoms with Crippen LogP contribution >= 0.6 is 0 Å². The topological polar surface area (TPSA) is 45.7 Å². The summed E-state index contributed by atoms with van der Waals surface area (Å²) in [5.74, 6) is -0.297. The second kappa shape index (κ2) is 6.48. The molecule has 0 spiro atoms.